The molecule has 4 nitrogen and oxygen atoms in total. The molecular weight excluding hydrogens is 316 g/mol. The van der Waals surface area contributed by atoms with E-state index < -0.39 is 10.0 Å². The van der Waals surface area contributed by atoms with Crippen LogP contribution in [0.5, 0.6) is 0 Å². The van der Waals surface area contributed by atoms with Crippen LogP contribution in [0.2, 0.25) is 0 Å². The minimum Gasteiger partial charge on any atom is -0.349 e. The van der Waals surface area contributed by atoms with Gasteiger partial charge in [-0.05, 0) is 35.4 Å². The van der Waals surface area contributed by atoms with Crippen molar-refractivity contribution in [1.82, 2.24) is 8.87 Å². The van der Waals surface area contributed by atoms with E-state index in [1.165, 1.54) is 4.31 Å². The van der Waals surface area contributed by atoms with Crippen LogP contribution in [0.25, 0.3) is 0 Å². The van der Waals surface area contributed by atoms with Crippen molar-refractivity contribution in [3.05, 3.63) is 40.3 Å². The highest BCUT2D eigenvalue weighted by molar-refractivity contribution is 7.89. The first-order chi connectivity index (χ1) is 9.48. The molecule has 0 aliphatic heterocycles. The molecule has 2 aromatic rings. The molecule has 0 N–H and O–H groups in total. The van der Waals surface area contributed by atoms with Crippen molar-refractivity contribution in [2.45, 2.75) is 30.8 Å². The van der Waals surface area contributed by atoms with E-state index in [1.54, 1.807) is 30.6 Å². The number of sulfonamides is 1. The van der Waals surface area contributed by atoms with Gasteiger partial charge in [-0.15, -0.1) is 11.6 Å². The topological polar surface area (TPSA) is 42.3 Å². The summed E-state index contributed by atoms with van der Waals surface area (Å²) >= 11 is 7.40. The number of nitrogens with zero attached hydrogens (tertiary/aromatic N) is 2. The lowest BCUT2D eigenvalue weighted by Gasteiger charge is -2.15. The maximum Gasteiger partial charge on any atom is 0.244 e. The molecule has 0 saturated carbocycles. The van der Waals surface area contributed by atoms with Crippen LogP contribution in [0.15, 0.2) is 34.0 Å². The Bertz CT molecular complexity index is 641. The van der Waals surface area contributed by atoms with E-state index in [4.69, 9.17) is 11.6 Å². The minimum atomic E-state index is -3.48. The van der Waals surface area contributed by atoms with Crippen LogP contribution in [-0.2, 0) is 29.0 Å². The zero-order valence-corrected chi connectivity index (χ0v) is 13.8. The van der Waals surface area contributed by atoms with Gasteiger partial charge in [-0.3, -0.25) is 0 Å². The summed E-state index contributed by atoms with van der Waals surface area (Å²) in [4.78, 5) is 0.299. The summed E-state index contributed by atoms with van der Waals surface area (Å²) < 4.78 is 28.3. The summed E-state index contributed by atoms with van der Waals surface area (Å²) in [7, 11) is -1.88. The number of hydrogen-bond donors (Lipinski definition) is 0. The number of hydrogen-bond acceptors (Lipinski definition) is 3. The molecule has 110 valence electrons. The van der Waals surface area contributed by atoms with Gasteiger partial charge in [0.25, 0.3) is 0 Å². The lowest BCUT2D eigenvalue weighted by molar-refractivity contribution is 0.467. The van der Waals surface area contributed by atoms with Gasteiger partial charge in [-0.1, -0.05) is 0 Å². The molecule has 7 heteroatoms. The smallest absolute Gasteiger partial charge is 0.244 e. The van der Waals surface area contributed by atoms with Gasteiger partial charge in [-0.25, -0.2) is 8.42 Å². The molecule has 0 aromatic carbocycles. The fraction of sp³-hybridized carbons (Fsp3) is 0.385. The minimum absolute atomic E-state index is 0.299. The van der Waals surface area contributed by atoms with Crippen molar-refractivity contribution in [1.29, 1.82) is 0 Å². The Labute approximate surface area is 128 Å². The lowest BCUT2D eigenvalue weighted by atomic mass is 10.3. The van der Waals surface area contributed by atoms with E-state index in [0.29, 0.717) is 23.9 Å². The zero-order valence-electron chi connectivity index (χ0n) is 11.4. The zero-order chi connectivity index (χ0) is 14.8. The maximum atomic E-state index is 12.5. The van der Waals surface area contributed by atoms with E-state index in [-0.39, 0.29) is 0 Å². The highest BCUT2D eigenvalue weighted by Gasteiger charge is 2.23. The van der Waals surface area contributed by atoms with Gasteiger partial charge in [0.1, 0.15) is 4.90 Å². The van der Waals surface area contributed by atoms with Gasteiger partial charge in [0.15, 0.2) is 0 Å². The Balaban J connectivity index is 2.27. The molecule has 0 unspecified atom stereocenters. The average Bonchev–Trinajstić information content (AvgIpc) is 3.06. The Kier molecular flexibility index (Phi) is 4.90. The van der Waals surface area contributed by atoms with E-state index in [0.717, 1.165) is 11.3 Å². The molecule has 0 bridgehead atoms. The average molecular weight is 333 g/mol. The molecule has 0 radical (unpaired) electrons. The van der Waals surface area contributed by atoms with Crippen molar-refractivity contribution >= 4 is 33.0 Å². The fourth-order valence-electron chi connectivity index (χ4n) is 1.98. The van der Waals surface area contributed by atoms with Crippen LogP contribution in [0.4, 0.5) is 0 Å². The summed E-state index contributed by atoms with van der Waals surface area (Å²) in [5, 5.41) is 3.89. The molecule has 0 aliphatic rings. The first-order valence-corrected chi connectivity index (χ1v) is 9.13. The van der Waals surface area contributed by atoms with Crippen molar-refractivity contribution in [2.75, 3.05) is 7.05 Å². The number of aryl methyl sites for hydroxylation is 1. The molecule has 0 saturated heterocycles. The largest absolute Gasteiger partial charge is 0.349 e. The number of thiophene rings is 1. The van der Waals surface area contributed by atoms with Gasteiger partial charge >= 0.3 is 0 Å². The maximum absolute atomic E-state index is 12.5. The molecule has 20 heavy (non-hydrogen) atoms. The van der Waals surface area contributed by atoms with Crippen LogP contribution in [0.3, 0.4) is 0 Å². The molecule has 0 atom stereocenters. The van der Waals surface area contributed by atoms with Gasteiger partial charge in [0, 0.05) is 32.0 Å². The monoisotopic (exact) mass is 332 g/mol. The van der Waals surface area contributed by atoms with Gasteiger partial charge < -0.3 is 4.57 Å². The Morgan fingerprint density at radius 1 is 1.45 bits per heavy atom. The third-order valence-electron chi connectivity index (χ3n) is 3.13. The van der Waals surface area contributed by atoms with Crippen molar-refractivity contribution < 1.29 is 8.42 Å². The number of rotatable bonds is 6. The van der Waals surface area contributed by atoms with Crippen LogP contribution in [0, 0.1) is 0 Å². The van der Waals surface area contributed by atoms with E-state index in [9.17, 15) is 8.42 Å². The molecule has 0 amide bonds. The third kappa shape index (κ3) is 3.09. The summed E-state index contributed by atoms with van der Waals surface area (Å²) in [5.74, 6) is 0.303. The van der Waals surface area contributed by atoms with Gasteiger partial charge in [0.2, 0.25) is 10.0 Å². The first kappa shape index (κ1) is 15.6. The number of aromatic nitrogens is 1. The Hall–Kier alpha value is -0.820. The van der Waals surface area contributed by atoms with Crippen LogP contribution in [0.1, 0.15) is 18.2 Å². The number of alkyl halides is 1. The Morgan fingerprint density at radius 2 is 2.20 bits per heavy atom. The molecular formula is C13H17ClN2O2S2. The van der Waals surface area contributed by atoms with E-state index in [1.807, 2.05) is 28.3 Å². The predicted octanol–water partition coefficient (Wildman–Crippen LogP) is 3.13. The van der Waals surface area contributed by atoms with E-state index in [2.05, 4.69) is 0 Å². The molecule has 2 rings (SSSR count). The normalized spacial score (nSPS) is 12.2. The van der Waals surface area contributed by atoms with Crippen LogP contribution in [-0.4, -0.2) is 24.3 Å². The van der Waals surface area contributed by atoms with Crippen molar-refractivity contribution in [3.63, 3.8) is 0 Å². The standard InChI is InChI=1S/C13H17ClN2O2S2/c1-3-16-9-13(6-12(16)7-14)20(17,18)15(2)8-11-4-5-19-10-11/h4-6,9-10H,3,7-8H2,1-2H3. The van der Waals surface area contributed by atoms with Crippen LogP contribution >= 0.6 is 22.9 Å². The second-order valence-corrected chi connectivity index (χ2v) is 7.57. The van der Waals surface area contributed by atoms with Crippen LogP contribution < -0.4 is 0 Å². The summed E-state index contributed by atoms with van der Waals surface area (Å²) in [6.07, 6.45) is 1.65. The second-order valence-electron chi connectivity index (χ2n) is 4.48. The highest BCUT2D eigenvalue weighted by atomic mass is 35.5. The summed E-state index contributed by atoms with van der Waals surface area (Å²) in [6.45, 7) is 3.03. The van der Waals surface area contributed by atoms with E-state index >= 15 is 0 Å². The van der Waals surface area contributed by atoms with Gasteiger partial charge in [-0.2, -0.15) is 15.6 Å². The molecule has 2 aromatic heterocycles. The SMILES string of the molecule is CCn1cc(S(=O)(=O)N(C)Cc2ccsc2)cc1CCl. The first-order valence-electron chi connectivity index (χ1n) is 6.21. The second kappa shape index (κ2) is 6.30. The molecule has 0 aliphatic carbocycles. The summed E-state index contributed by atoms with van der Waals surface area (Å²) in [6, 6.07) is 3.58. The molecule has 0 spiro atoms. The molecule has 2 heterocycles. The number of halogens is 1. The van der Waals surface area contributed by atoms with Crippen molar-refractivity contribution in [3.8, 4) is 0 Å². The highest BCUT2D eigenvalue weighted by Crippen LogP contribution is 2.21. The van der Waals surface area contributed by atoms with Crippen molar-refractivity contribution in [2.24, 2.45) is 0 Å². The quantitative estimate of drug-likeness (QED) is 0.763. The lowest BCUT2D eigenvalue weighted by Crippen LogP contribution is -2.26. The fourth-order valence-corrected chi connectivity index (χ4v) is 4.09. The summed E-state index contributed by atoms with van der Waals surface area (Å²) in [5.41, 5.74) is 1.81. The van der Waals surface area contributed by atoms with Gasteiger partial charge in [0.05, 0.1) is 5.88 Å². The third-order valence-corrected chi connectivity index (χ3v) is 5.91. The Morgan fingerprint density at radius 3 is 2.70 bits per heavy atom. The predicted molar refractivity (Wildman–Crippen MR) is 82.6 cm³/mol. The molecule has 0 fully saturated rings.